The summed E-state index contributed by atoms with van der Waals surface area (Å²) in [4.78, 5) is 0. The van der Waals surface area contributed by atoms with Crippen molar-refractivity contribution in [1.82, 2.24) is 0 Å². The molecule has 0 N–H and O–H groups in total. The maximum Gasteiger partial charge on any atom is 0.0974 e. The van der Waals surface area contributed by atoms with Gasteiger partial charge in [0.05, 0.1) is 12.2 Å². The Balaban J connectivity index is 2.01. The van der Waals surface area contributed by atoms with Crippen molar-refractivity contribution in [3.8, 4) is 0 Å². The summed E-state index contributed by atoms with van der Waals surface area (Å²) in [7, 11) is 0. The average Bonchev–Trinajstić information content (AvgIpc) is 1.55. The fourth-order valence-corrected chi connectivity index (χ4v) is 0.772. The zero-order valence-corrected chi connectivity index (χ0v) is 5.61. The third kappa shape index (κ3) is 1.48. The first-order chi connectivity index (χ1) is 3.79. The lowest BCUT2D eigenvalue weighted by molar-refractivity contribution is 0.0468. The first kappa shape index (κ1) is 6.09. The van der Waals surface area contributed by atoms with E-state index in [9.17, 15) is 0 Å². The Bertz CT molecular complexity index is 64.8. The van der Waals surface area contributed by atoms with Crippen LogP contribution in [0.2, 0.25) is 0 Å². The summed E-state index contributed by atoms with van der Waals surface area (Å²) in [6.07, 6.45) is 5.45. The largest absolute Gasteiger partial charge is 0.369 e. The highest BCUT2D eigenvalue weighted by molar-refractivity contribution is 4.88. The Morgan fingerprint density at radius 3 is 2.12 bits per heavy atom. The molecule has 1 aliphatic carbocycles. The molecule has 0 aromatic rings. The molecule has 0 aromatic heterocycles. The van der Waals surface area contributed by atoms with Crippen LogP contribution in [0.25, 0.3) is 0 Å². The number of rotatable bonds is 2. The van der Waals surface area contributed by atoms with Crippen LogP contribution in [0.1, 0.15) is 33.1 Å². The Morgan fingerprint density at radius 1 is 1.38 bits per heavy atom. The van der Waals surface area contributed by atoms with Crippen LogP contribution < -0.4 is 0 Å². The van der Waals surface area contributed by atoms with Crippen molar-refractivity contribution in [2.75, 3.05) is 0 Å². The molecule has 1 rings (SSSR count). The summed E-state index contributed by atoms with van der Waals surface area (Å²) in [5.41, 5.74) is 0. The Hall–Kier alpha value is -0.0400. The molecule has 1 radical (unpaired) electrons. The molecule has 0 unspecified atom stereocenters. The fourth-order valence-electron chi connectivity index (χ4n) is 0.772. The molecule has 8 heavy (non-hydrogen) atoms. The van der Waals surface area contributed by atoms with Gasteiger partial charge < -0.3 is 4.74 Å². The quantitative estimate of drug-likeness (QED) is 0.533. The third-order valence-electron chi connectivity index (χ3n) is 1.31. The maximum absolute atomic E-state index is 5.40. The monoisotopic (exact) mass is 113 g/mol. The van der Waals surface area contributed by atoms with Crippen molar-refractivity contribution in [2.24, 2.45) is 0 Å². The molecule has 0 spiro atoms. The molecule has 1 saturated carbocycles. The molecule has 0 atom stereocenters. The van der Waals surface area contributed by atoms with E-state index in [0.29, 0.717) is 6.10 Å². The minimum atomic E-state index is 0.394. The Labute approximate surface area is 51.0 Å². The lowest BCUT2D eigenvalue weighted by Crippen LogP contribution is -2.16. The lowest BCUT2D eigenvalue weighted by Gasteiger charge is -2.26. The average molecular weight is 113 g/mol. The summed E-state index contributed by atoms with van der Waals surface area (Å²) >= 11 is 0. The molecule has 0 aliphatic heterocycles. The first-order valence-corrected chi connectivity index (χ1v) is 3.30. The van der Waals surface area contributed by atoms with E-state index in [1.807, 2.05) is 0 Å². The second-order valence-corrected chi connectivity index (χ2v) is 2.56. The van der Waals surface area contributed by atoms with Crippen LogP contribution in [0.4, 0.5) is 0 Å². The minimum Gasteiger partial charge on any atom is -0.369 e. The van der Waals surface area contributed by atoms with E-state index in [4.69, 9.17) is 4.74 Å². The summed E-state index contributed by atoms with van der Waals surface area (Å²) in [5.74, 6) is 0. The van der Waals surface area contributed by atoms with Gasteiger partial charge in [0.1, 0.15) is 0 Å². The van der Waals surface area contributed by atoms with Crippen LogP contribution in [-0.2, 0) is 4.74 Å². The summed E-state index contributed by atoms with van der Waals surface area (Å²) in [6.45, 7) is 4.15. The van der Waals surface area contributed by atoms with E-state index in [1.165, 1.54) is 25.4 Å². The van der Waals surface area contributed by atoms with Crippen LogP contribution in [0.15, 0.2) is 0 Å². The van der Waals surface area contributed by atoms with Crippen LogP contribution in [0, 0.1) is 6.10 Å². The van der Waals surface area contributed by atoms with Gasteiger partial charge in [-0.3, -0.25) is 0 Å². The van der Waals surface area contributed by atoms with Gasteiger partial charge in [0, 0.05) is 0 Å². The fraction of sp³-hybridized carbons (Fsp3) is 0.857. The molecule has 1 heteroatoms. The van der Waals surface area contributed by atoms with Gasteiger partial charge in [0.25, 0.3) is 0 Å². The van der Waals surface area contributed by atoms with Crippen LogP contribution in [-0.4, -0.2) is 6.10 Å². The van der Waals surface area contributed by atoms with Gasteiger partial charge in [-0.1, -0.05) is 0 Å². The molecule has 0 saturated heterocycles. The summed E-state index contributed by atoms with van der Waals surface area (Å²) in [6, 6.07) is 0. The van der Waals surface area contributed by atoms with Gasteiger partial charge in [-0.05, 0) is 33.1 Å². The minimum absolute atomic E-state index is 0.394. The van der Waals surface area contributed by atoms with Crippen molar-refractivity contribution >= 4 is 0 Å². The van der Waals surface area contributed by atoms with Gasteiger partial charge >= 0.3 is 0 Å². The van der Waals surface area contributed by atoms with Gasteiger partial charge in [-0.25, -0.2) is 0 Å². The standard InChI is InChI=1S/C7H13O/c1-6(2)8-7-4-3-5-7/h6H,3-5H2,1-2H3. The second-order valence-electron chi connectivity index (χ2n) is 2.56. The van der Waals surface area contributed by atoms with E-state index >= 15 is 0 Å². The SMILES string of the molecule is CC(C)O[C]1CCC1. The van der Waals surface area contributed by atoms with Gasteiger partial charge in [-0.2, -0.15) is 0 Å². The van der Waals surface area contributed by atoms with E-state index < -0.39 is 0 Å². The van der Waals surface area contributed by atoms with Crippen LogP contribution >= 0.6 is 0 Å². The van der Waals surface area contributed by atoms with Crippen LogP contribution in [0.3, 0.4) is 0 Å². The van der Waals surface area contributed by atoms with Crippen molar-refractivity contribution in [1.29, 1.82) is 0 Å². The van der Waals surface area contributed by atoms with Crippen molar-refractivity contribution < 1.29 is 4.74 Å². The molecule has 0 aromatic carbocycles. The maximum atomic E-state index is 5.40. The Morgan fingerprint density at radius 2 is 2.00 bits per heavy atom. The first-order valence-electron chi connectivity index (χ1n) is 3.30. The molecule has 0 heterocycles. The normalized spacial score (nSPS) is 21.4. The molecule has 1 fully saturated rings. The van der Waals surface area contributed by atoms with Gasteiger partial charge in [-0.15, -0.1) is 0 Å². The Kier molecular flexibility index (Phi) is 1.90. The topological polar surface area (TPSA) is 9.23 Å². The lowest BCUT2D eigenvalue weighted by atomic mass is 9.96. The van der Waals surface area contributed by atoms with Gasteiger partial charge in [0.2, 0.25) is 0 Å². The van der Waals surface area contributed by atoms with E-state index in [2.05, 4.69) is 13.8 Å². The van der Waals surface area contributed by atoms with E-state index in [0.717, 1.165) is 0 Å². The van der Waals surface area contributed by atoms with E-state index in [1.54, 1.807) is 0 Å². The molecule has 0 amide bonds. The third-order valence-corrected chi connectivity index (χ3v) is 1.31. The van der Waals surface area contributed by atoms with Crippen LogP contribution in [0.5, 0.6) is 0 Å². The predicted octanol–water partition coefficient (Wildman–Crippen LogP) is 2.13. The molecular weight excluding hydrogens is 100 g/mol. The smallest absolute Gasteiger partial charge is 0.0974 e. The zero-order valence-electron chi connectivity index (χ0n) is 5.61. The highest BCUT2D eigenvalue weighted by Crippen LogP contribution is 2.30. The van der Waals surface area contributed by atoms with Crippen molar-refractivity contribution in [2.45, 2.75) is 39.2 Å². The molecule has 1 aliphatic rings. The molecule has 47 valence electrons. The molecular formula is C7H13O. The van der Waals surface area contributed by atoms with Crippen molar-refractivity contribution in [3.05, 3.63) is 6.10 Å². The van der Waals surface area contributed by atoms with E-state index in [-0.39, 0.29) is 0 Å². The van der Waals surface area contributed by atoms with Gasteiger partial charge in [0.15, 0.2) is 0 Å². The number of hydrogen-bond donors (Lipinski definition) is 0. The molecule has 1 nitrogen and oxygen atoms in total. The summed E-state index contributed by atoms with van der Waals surface area (Å²) < 4.78 is 5.40. The highest BCUT2D eigenvalue weighted by Gasteiger charge is 2.19. The predicted molar refractivity (Wildman–Crippen MR) is 33.3 cm³/mol. The molecule has 0 bridgehead atoms. The highest BCUT2D eigenvalue weighted by atomic mass is 16.5. The second kappa shape index (κ2) is 2.49. The number of hydrogen-bond acceptors (Lipinski definition) is 1. The number of ether oxygens (including phenoxy) is 1. The zero-order chi connectivity index (χ0) is 5.98. The van der Waals surface area contributed by atoms with Crippen molar-refractivity contribution in [3.63, 3.8) is 0 Å². The summed E-state index contributed by atoms with van der Waals surface area (Å²) in [5, 5.41) is 0.